The monoisotopic (exact) mass is 779 g/mol. The molecule has 10 aromatic carbocycles. The summed E-state index contributed by atoms with van der Waals surface area (Å²) in [6.07, 6.45) is 0. The minimum absolute atomic E-state index is 0.881. The van der Waals surface area contributed by atoms with Crippen LogP contribution in [0.2, 0.25) is 0 Å². The highest BCUT2D eigenvalue weighted by Gasteiger charge is 2.21. The summed E-state index contributed by atoms with van der Waals surface area (Å²) >= 11 is 0. The summed E-state index contributed by atoms with van der Waals surface area (Å²) in [5.74, 6) is 0. The van der Waals surface area contributed by atoms with Crippen molar-refractivity contribution in [2.45, 2.75) is 0 Å². The molecule has 286 valence electrons. The van der Waals surface area contributed by atoms with E-state index in [1.807, 2.05) is 24.3 Å². The largest absolute Gasteiger partial charge is 0.456 e. The molecule has 12 aromatic rings. The lowest BCUT2D eigenvalue weighted by Gasteiger charge is -2.29. The third-order valence-electron chi connectivity index (χ3n) is 12.1. The standard InChI is InChI=1S/C58H37NO2/c1-2-14-38(15-3-1)45-23-11-16-40-17-12-25-51(57(40)45)47-20-4-7-27-53(47)59(43-33-30-39(31-34-43)46-24-13-26-52-49-22-6-9-29-55(49)61-58(46)52)44-19-10-18-41(36-44)42-32-35-50-48-21-5-8-28-54(48)60-56(50)37-42/h1-37H. The number of hydrogen-bond donors (Lipinski definition) is 0. The first-order valence-electron chi connectivity index (χ1n) is 20.7. The molecule has 3 nitrogen and oxygen atoms in total. The van der Waals surface area contributed by atoms with Crippen LogP contribution in [0, 0.1) is 0 Å². The summed E-state index contributed by atoms with van der Waals surface area (Å²) in [6, 6.07) is 80.0. The van der Waals surface area contributed by atoms with Gasteiger partial charge in [-0.1, -0.05) is 170 Å². The number of para-hydroxylation sites is 4. The van der Waals surface area contributed by atoms with Crippen molar-refractivity contribution in [1.82, 2.24) is 0 Å². The molecule has 0 unspecified atom stereocenters. The lowest BCUT2D eigenvalue weighted by Crippen LogP contribution is -2.11. The fourth-order valence-corrected chi connectivity index (χ4v) is 9.24. The summed E-state index contributed by atoms with van der Waals surface area (Å²) in [5, 5.41) is 6.93. The SMILES string of the molecule is c1ccc(-c2cccc3cccc(-c4ccccc4N(c4ccc(-c5cccc6c5oc5ccccc56)cc4)c4cccc(-c5ccc6c(c5)oc5ccccc56)c4)c23)cc1. The fourth-order valence-electron chi connectivity index (χ4n) is 9.24. The van der Waals surface area contributed by atoms with E-state index in [4.69, 9.17) is 8.83 Å². The molecule has 0 bridgehead atoms. The topological polar surface area (TPSA) is 29.5 Å². The van der Waals surface area contributed by atoms with Crippen molar-refractivity contribution in [2.24, 2.45) is 0 Å². The van der Waals surface area contributed by atoms with E-state index in [2.05, 4.69) is 205 Å². The molecule has 12 rings (SSSR count). The van der Waals surface area contributed by atoms with Gasteiger partial charge in [-0.25, -0.2) is 0 Å². The van der Waals surface area contributed by atoms with Gasteiger partial charge in [-0.3, -0.25) is 0 Å². The number of nitrogens with zero attached hydrogens (tertiary/aromatic N) is 1. The van der Waals surface area contributed by atoms with Gasteiger partial charge in [0.25, 0.3) is 0 Å². The zero-order valence-corrected chi connectivity index (χ0v) is 33.1. The van der Waals surface area contributed by atoms with Crippen molar-refractivity contribution in [2.75, 3.05) is 4.90 Å². The predicted molar refractivity (Wildman–Crippen MR) is 255 cm³/mol. The summed E-state index contributed by atoms with van der Waals surface area (Å²) in [4.78, 5) is 2.40. The first kappa shape index (κ1) is 34.9. The molecule has 0 aliphatic carbocycles. The fraction of sp³-hybridized carbons (Fsp3) is 0. The Hall–Kier alpha value is -8.14. The van der Waals surface area contributed by atoms with Crippen LogP contribution in [0.3, 0.4) is 0 Å². The molecule has 61 heavy (non-hydrogen) atoms. The maximum atomic E-state index is 6.48. The molecule has 0 aliphatic rings. The number of benzene rings is 10. The van der Waals surface area contributed by atoms with Crippen LogP contribution >= 0.6 is 0 Å². The highest BCUT2D eigenvalue weighted by Crippen LogP contribution is 2.46. The maximum Gasteiger partial charge on any atom is 0.143 e. The summed E-state index contributed by atoms with van der Waals surface area (Å²) in [5.41, 5.74) is 15.8. The molecular weight excluding hydrogens is 743 g/mol. The van der Waals surface area contributed by atoms with Crippen LogP contribution in [0.25, 0.3) is 99.2 Å². The summed E-state index contributed by atoms with van der Waals surface area (Å²) in [6.45, 7) is 0. The number of furan rings is 2. The normalized spacial score (nSPS) is 11.6. The Morgan fingerprint density at radius 3 is 1.69 bits per heavy atom. The van der Waals surface area contributed by atoms with Gasteiger partial charge in [0.15, 0.2) is 0 Å². The Balaban J connectivity index is 1.04. The zero-order chi connectivity index (χ0) is 40.3. The Kier molecular flexibility index (Phi) is 8.17. The second-order valence-electron chi connectivity index (χ2n) is 15.6. The highest BCUT2D eigenvalue weighted by atomic mass is 16.3. The average molecular weight is 780 g/mol. The molecule has 0 spiro atoms. The van der Waals surface area contributed by atoms with Crippen molar-refractivity contribution in [3.63, 3.8) is 0 Å². The zero-order valence-electron chi connectivity index (χ0n) is 33.1. The van der Waals surface area contributed by atoms with Gasteiger partial charge < -0.3 is 13.7 Å². The Morgan fingerprint density at radius 1 is 0.295 bits per heavy atom. The van der Waals surface area contributed by atoms with Crippen LogP contribution < -0.4 is 4.90 Å². The van der Waals surface area contributed by atoms with E-state index in [1.54, 1.807) is 0 Å². The Bertz CT molecular complexity index is 3590. The van der Waals surface area contributed by atoms with E-state index < -0.39 is 0 Å². The molecule has 0 saturated carbocycles. The van der Waals surface area contributed by atoms with Crippen LogP contribution in [0.4, 0.5) is 17.1 Å². The van der Waals surface area contributed by atoms with E-state index in [1.165, 1.54) is 27.5 Å². The van der Waals surface area contributed by atoms with Crippen molar-refractivity contribution < 1.29 is 8.83 Å². The van der Waals surface area contributed by atoms with Crippen LogP contribution in [-0.2, 0) is 0 Å². The number of fused-ring (bicyclic) bond motifs is 7. The quantitative estimate of drug-likeness (QED) is 0.161. The van der Waals surface area contributed by atoms with Gasteiger partial charge in [0.1, 0.15) is 22.3 Å². The van der Waals surface area contributed by atoms with E-state index in [-0.39, 0.29) is 0 Å². The van der Waals surface area contributed by atoms with Gasteiger partial charge in [-0.2, -0.15) is 0 Å². The predicted octanol–water partition coefficient (Wildman–Crippen LogP) is 16.8. The van der Waals surface area contributed by atoms with Gasteiger partial charge >= 0.3 is 0 Å². The van der Waals surface area contributed by atoms with Crippen molar-refractivity contribution in [3.05, 3.63) is 224 Å². The van der Waals surface area contributed by atoms with Gasteiger partial charge in [-0.05, 0) is 98.8 Å². The molecule has 0 saturated heterocycles. The second-order valence-corrected chi connectivity index (χ2v) is 15.6. The van der Waals surface area contributed by atoms with Gasteiger partial charge in [0, 0.05) is 44.0 Å². The lowest BCUT2D eigenvalue weighted by molar-refractivity contribution is 0.669. The smallest absolute Gasteiger partial charge is 0.143 e. The molecule has 3 heteroatoms. The van der Waals surface area contributed by atoms with E-state index in [0.717, 1.165) is 88.8 Å². The molecule has 0 radical (unpaired) electrons. The maximum absolute atomic E-state index is 6.48. The van der Waals surface area contributed by atoms with Crippen LogP contribution in [0.5, 0.6) is 0 Å². The van der Waals surface area contributed by atoms with Crippen molar-refractivity contribution >= 4 is 71.7 Å². The third-order valence-corrected chi connectivity index (χ3v) is 12.1. The molecule has 2 heterocycles. The average Bonchev–Trinajstić information content (AvgIpc) is 3.90. The molecule has 0 aliphatic heterocycles. The molecule has 0 fully saturated rings. The number of rotatable bonds is 7. The Morgan fingerprint density at radius 2 is 0.852 bits per heavy atom. The molecule has 0 amide bonds. The van der Waals surface area contributed by atoms with Gasteiger partial charge in [0.2, 0.25) is 0 Å². The second kappa shape index (κ2) is 14.3. The summed E-state index contributed by atoms with van der Waals surface area (Å²) in [7, 11) is 0. The minimum atomic E-state index is 0.881. The van der Waals surface area contributed by atoms with Crippen molar-refractivity contribution in [3.8, 4) is 44.5 Å². The first-order valence-corrected chi connectivity index (χ1v) is 20.7. The third kappa shape index (κ3) is 5.90. The minimum Gasteiger partial charge on any atom is -0.456 e. The number of hydrogen-bond acceptors (Lipinski definition) is 3. The Labute approximate surface area is 353 Å². The van der Waals surface area contributed by atoms with Gasteiger partial charge in [0.05, 0.1) is 5.69 Å². The summed E-state index contributed by atoms with van der Waals surface area (Å²) < 4.78 is 12.8. The van der Waals surface area contributed by atoms with Crippen LogP contribution in [-0.4, -0.2) is 0 Å². The molecular formula is C58H37NO2. The van der Waals surface area contributed by atoms with Gasteiger partial charge in [-0.15, -0.1) is 0 Å². The first-order chi connectivity index (χ1) is 30.2. The van der Waals surface area contributed by atoms with Crippen LogP contribution in [0.1, 0.15) is 0 Å². The van der Waals surface area contributed by atoms with E-state index in [0.29, 0.717) is 0 Å². The molecule has 2 aromatic heterocycles. The number of anilines is 3. The molecule has 0 atom stereocenters. The van der Waals surface area contributed by atoms with E-state index >= 15 is 0 Å². The van der Waals surface area contributed by atoms with E-state index in [9.17, 15) is 0 Å². The molecule has 0 N–H and O–H groups in total. The van der Waals surface area contributed by atoms with Crippen molar-refractivity contribution in [1.29, 1.82) is 0 Å². The lowest BCUT2D eigenvalue weighted by atomic mass is 9.90. The highest BCUT2D eigenvalue weighted by molar-refractivity contribution is 6.11. The van der Waals surface area contributed by atoms with Crippen LogP contribution in [0.15, 0.2) is 233 Å².